The third-order valence-electron chi connectivity index (χ3n) is 2.75. The summed E-state index contributed by atoms with van der Waals surface area (Å²) in [5, 5.41) is 14.1. The number of aliphatic hydroxyl groups excluding tert-OH is 1. The van der Waals surface area contributed by atoms with E-state index in [2.05, 4.69) is 5.10 Å². The van der Waals surface area contributed by atoms with E-state index in [-0.39, 0.29) is 11.5 Å². The first-order valence-corrected chi connectivity index (χ1v) is 7.57. The molecule has 0 fully saturated rings. The van der Waals surface area contributed by atoms with Gasteiger partial charge >= 0.3 is 0 Å². The fourth-order valence-electron chi connectivity index (χ4n) is 1.73. The van der Waals surface area contributed by atoms with Crippen LogP contribution in [-0.2, 0) is 16.9 Å². The second-order valence-corrected chi connectivity index (χ2v) is 6.70. The second kappa shape index (κ2) is 5.64. The van der Waals surface area contributed by atoms with Gasteiger partial charge in [-0.25, -0.2) is 8.42 Å². The molecule has 0 saturated carbocycles. The first kappa shape index (κ1) is 14.2. The molecule has 1 heterocycles. The van der Waals surface area contributed by atoms with Crippen molar-refractivity contribution in [1.29, 1.82) is 0 Å². The van der Waals surface area contributed by atoms with E-state index in [0.29, 0.717) is 12.8 Å². The molecule has 0 bridgehead atoms. The van der Waals surface area contributed by atoms with Gasteiger partial charge in [0.25, 0.3) is 0 Å². The minimum absolute atomic E-state index is 0.136. The number of aryl methyl sites for hydroxylation is 2. The topological polar surface area (TPSA) is 72.2 Å². The van der Waals surface area contributed by atoms with Crippen LogP contribution in [0.25, 0.3) is 0 Å². The van der Waals surface area contributed by atoms with E-state index >= 15 is 0 Å². The molecule has 0 saturated heterocycles. The maximum atomic E-state index is 11.3. The quantitative estimate of drug-likeness (QED) is 0.827. The highest BCUT2D eigenvalue weighted by Crippen LogP contribution is 2.18. The molecular formula is C11H20N2O3S. The van der Waals surface area contributed by atoms with Crippen molar-refractivity contribution < 1.29 is 13.5 Å². The van der Waals surface area contributed by atoms with E-state index in [0.717, 1.165) is 11.4 Å². The Morgan fingerprint density at radius 2 is 2.18 bits per heavy atom. The molecule has 98 valence electrons. The van der Waals surface area contributed by atoms with Crippen molar-refractivity contribution in [1.82, 2.24) is 9.78 Å². The summed E-state index contributed by atoms with van der Waals surface area (Å²) in [5.41, 5.74) is 1.58. The van der Waals surface area contributed by atoms with Crippen LogP contribution in [0.5, 0.6) is 0 Å². The molecule has 1 aromatic rings. The number of hydrogen-bond acceptors (Lipinski definition) is 4. The molecule has 1 rings (SSSR count). The maximum absolute atomic E-state index is 11.3. The molecule has 0 aliphatic rings. The van der Waals surface area contributed by atoms with Crippen LogP contribution < -0.4 is 0 Å². The van der Waals surface area contributed by atoms with Gasteiger partial charge in [-0.05, 0) is 25.8 Å². The Bertz CT molecular complexity index is 465. The van der Waals surface area contributed by atoms with Gasteiger partial charge in [0.15, 0.2) is 0 Å². The van der Waals surface area contributed by atoms with E-state index in [4.69, 9.17) is 0 Å². The fraction of sp³-hybridized carbons (Fsp3) is 0.727. The third kappa shape index (κ3) is 4.12. The zero-order chi connectivity index (χ0) is 13.1. The van der Waals surface area contributed by atoms with E-state index in [1.807, 2.05) is 13.0 Å². The molecule has 1 aromatic heterocycles. The second-order valence-electron chi connectivity index (χ2n) is 4.23. The van der Waals surface area contributed by atoms with Gasteiger partial charge in [-0.3, -0.25) is 4.68 Å². The normalized spacial score (nSPS) is 13.9. The number of nitrogens with zero attached hydrogens (tertiary/aromatic N) is 2. The Morgan fingerprint density at radius 3 is 2.65 bits per heavy atom. The van der Waals surface area contributed by atoms with Crippen LogP contribution in [0.2, 0.25) is 0 Å². The molecule has 6 heteroatoms. The number of rotatable bonds is 6. The van der Waals surface area contributed by atoms with Crippen molar-refractivity contribution in [2.45, 2.75) is 32.8 Å². The number of aromatic nitrogens is 2. The van der Waals surface area contributed by atoms with Crippen molar-refractivity contribution in [2.75, 3.05) is 11.5 Å². The third-order valence-corrected chi connectivity index (χ3v) is 4.54. The van der Waals surface area contributed by atoms with Gasteiger partial charge in [0.1, 0.15) is 9.84 Å². The van der Waals surface area contributed by atoms with E-state index < -0.39 is 15.9 Å². The molecule has 0 spiro atoms. The van der Waals surface area contributed by atoms with Gasteiger partial charge in [-0.1, -0.05) is 6.92 Å². The molecule has 1 atom stereocenters. The Balaban J connectivity index is 2.51. The summed E-state index contributed by atoms with van der Waals surface area (Å²) < 4.78 is 24.2. The van der Waals surface area contributed by atoms with Crippen LogP contribution in [0.15, 0.2) is 6.07 Å². The lowest BCUT2D eigenvalue weighted by molar-refractivity contribution is 0.157. The van der Waals surface area contributed by atoms with Crippen molar-refractivity contribution in [3.63, 3.8) is 0 Å². The maximum Gasteiger partial charge on any atom is 0.150 e. The van der Waals surface area contributed by atoms with Gasteiger partial charge in [0.2, 0.25) is 0 Å². The minimum Gasteiger partial charge on any atom is -0.387 e. The number of aliphatic hydroxyl groups is 1. The summed E-state index contributed by atoms with van der Waals surface area (Å²) in [5.74, 6) is 0.297. The smallest absolute Gasteiger partial charge is 0.150 e. The summed E-state index contributed by atoms with van der Waals surface area (Å²) >= 11 is 0. The summed E-state index contributed by atoms with van der Waals surface area (Å²) in [6.45, 7) is 3.49. The Labute approximate surface area is 102 Å². The van der Waals surface area contributed by atoms with Crippen LogP contribution >= 0.6 is 0 Å². The highest BCUT2D eigenvalue weighted by atomic mass is 32.2. The van der Waals surface area contributed by atoms with Gasteiger partial charge in [0, 0.05) is 12.8 Å². The largest absolute Gasteiger partial charge is 0.387 e. The van der Waals surface area contributed by atoms with Crippen molar-refractivity contribution >= 4 is 9.84 Å². The van der Waals surface area contributed by atoms with E-state index in [9.17, 15) is 13.5 Å². The molecule has 0 aliphatic carbocycles. The average Bonchev–Trinajstić information content (AvgIpc) is 2.57. The molecular weight excluding hydrogens is 240 g/mol. The lowest BCUT2D eigenvalue weighted by atomic mass is 10.1. The molecule has 0 radical (unpaired) electrons. The lowest BCUT2D eigenvalue weighted by Gasteiger charge is -2.10. The Kier molecular flexibility index (Phi) is 4.70. The van der Waals surface area contributed by atoms with E-state index in [1.165, 1.54) is 0 Å². The first-order chi connectivity index (χ1) is 7.85. The van der Waals surface area contributed by atoms with Gasteiger partial charge in [-0.15, -0.1) is 0 Å². The van der Waals surface area contributed by atoms with E-state index in [1.54, 1.807) is 18.7 Å². The zero-order valence-corrected chi connectivity index (χ0v) is 11.4. The summed E-state index contributed by atoms with van der Waals surface area (Å²) in [7, 11) is -1.16. The highest BCUT2D eigenvalue weighted by molar-refractivity contribution is 7.91. The van der Waals surface area contributed by atoms with Crippen molar-refractivity contribution in [2.24, 2.45) is 7.05 Å². The van der Waals surface area contributed by atoms with Gasteiger partial charge in [-0.2, -0.15) is 5.10 Å². The first-order valence-electron chi connectivity index (χ1n) is 5.74. The molecule has 17 heavy (non-hydrogen) atoms. The molecule has 0 aromatic carbocycles. The van der Waals surface area contributed by atoms with Gasteiger partial charge in [0.05, 0.1) is 23.2 Å². The van der Waals surface area contributed by atoms with Crippen LogP contribution in [0.4, 0.5) is 0 Å². The predicted molar refractivity (Wildman–Crippen MR) is 66.5 cm³/mol. The standard InChI is InChI=1S/C11H20N2O3S/c1-4-17(15,16)7-5-6-11(14)10-8-9(2)12-13(10)3/h8,11,14H,4-7H2,1-3H3. The number of sulfone groups is 1. The predicted octanol–water partition coefficient (Wildman–Crippen LogP) is 0.977. The van der Waals surface area contributed by atoms with Crippen LogP contribution in [0, 0.1) is 6.92 Å². The van der Waals surface area contributed by atoms with Crippen molar-refractivity contribution in [3.8, 4) is 0 Å². The summed E-state index contributed by atoms with van der Waals surface area (Å²) in [6.07, 6.45) is 0.271. The van der Waals surface area contributed by atoms with Crippen LogP contribution in [0.1, 0.15) is 37.3 Å². The molecule has 1 unspecified atom stereocenters. The van der Waals surface area contributed by atoms with Gasteiger partial charge < -0.3 is 5.11 Å². The fourth-order valence-corrected chi connectivity index (χ4v) is 2.63. The summed E-state index contributed by atoms with van der Waals surface area (Å²) in [6, 6.07) is 1.82. The Hall–Kier alpha value is -0.880. The highest BCUT2D eigenvalue weighted by Gasteiger charge is 2.14. The zero-order valence-electron chi connectivity index (χ0n) is 10.5. The van der Waals surface area contributed by atoms with Crippen LogP contribution in [-0.4, -0.2) is 34.8 Å². The molecule has 1 N–H and O–H groups in total. The number of hydrogen-bond donors (Lipinski definition) is 1. The molecule has 5 nitrogen and oxygen atoms in total. The molecule has 0 aliphatic heterocycles. The average molecular weight is 260 g/mol. The van der Waals surface area contributed by atoms with Crippen molar-refractivity contribution in [3.05, 3.63) is 17.5 Å². The monoisotopic (exact) mass is 260 g/mol. The minimum atomic E-state index is -2.94. The van der Waals surface area contributed by atoms with Crippen LogP contribution in [0.3, 0.4) is 0 Å². The molecule has 0 amide bonds. The summed E-state index contributed by atoms with van der Waals surface area (Å²) in [4.78, 5) is 0. The lowest BCUT2D eigenvalue weighted by Crippen LogP contribution is -2.11. The SMILES string of the molecule is CCS(=O)(=O)CCCC(O)c1cc(C)nn1C. The Morgan fingerprint density at radius 1 is 1.53 bits per heavy atom.